The lowest BCUT2D eigenvalue weighted by molar-refractivity contribution is 0.410. The van der Waals surface area contributed by atoms with Crippen LogP contribution < -0.4 is 10.3 Å². The summed E-state index contributed by atoms with van der Waals surface area (Å²) >= 11 is 0. The molecule has 2 heteroatoms. The van der Waals surface area contributed by atoms with Gasteiger partial charge in [0.2, 0.25) is 0 Å². The summed E-state index contributed by atoms with van der Waals surface area (Å²) in [6.45, 7) is 0. The number of rotatable bonds is 3. The molecule has 0 amide bonds. The van der Waals surface area contributed by atoms with Gasteiger partial charge >= 0.3 is 0 Å². The molecule has 0 heterocycles. The maximum atomic E-state index is 5.66. The summed E-state index contributed by atoms with van der Waals surface area (Å²) in [5.74, 6) is 0.831. The fourth-order valence-corrected chi connectivity index (χ4v) is 1.90. The average molecular weight is 235 g/mol. The van der Waals surface area contributed by atoms with E-state index in [2.05, 4.69) is 23.7 Å². The minimum absolute atomic E-state index is 0.831. The summed E-state index contributed by atoms with van der Waals surface area (Å²) in [5, 5.41) is 2.27. The molecule has 0 unspecified atom stereocenters. The first-order chi connectivity index (χ1) is 8.93. The van der Waals surface area contributed by atoms with E-state index in [0.717, 1.165) is 16.8 Å². The zero-order valence-corrected chi connectivity index (χ0v) is 9.84. The quantitative estimate of drug-likeness (QED) is 0.685. The summed E-state index contributed by atoms with van der Waals surface area (Å²) in [6, 6.07) is 24.0. The van der Waals surface area contributed by atoms with Gasteiger partial charge in [0, 0.05) is 5.39 Å². The van der Waals surface area contributed by atoms with Gasteiger partial charge < -0.3 is 4.84 Å². The maximum absolute atomic E-state index is 5.66. The highest BCUT2D eigenvalue weighted by Gasteiger charge is 2.01. The lowest BCUT2D eigenvalue weighted by Crippen LogP contribution is -2.04. The van der Waals surface area contributed by atoms with Crippen LogP contribution in [0.1, 0.15) is 0 Å². The van der Waals surface area contributed by atoms with Crippen LogP contribution in [0, 0.1) is 0 Å². The second-order valence-electron chi connectivity index (χ2n) is 4.05. The number of para-hydroxylation sites is 1. The molecular formula is C16H13NO. The molecule has 0 fully saturated rings. The van der Waals surface area contributed by atoms with E-state index in [4.69, 9.17) is 4.84 Å². The van der Waals surface area contributed by atoms with Crippen LogP contribution in [0.3, 0.4) is 0 Å². The fourth-order valence-electron chi connectivity index (χ4n) is 1.90. The molecule has 0 atom stereocenters. The van der Waals surface area contributed by atoms with E-state index < -0.39 is 0 Å². The van der Waals surface area contributed by atoms with Gasteiger partial charge in [0.05, 0.1) is 5.69 Å². The Hall–Kier alpha value is -2.48. The Morgan fingerprint density at radius 2 is 1.39 bits per heavy atom. The lowest BCUT2D eigenvalue weighted by Gasteiger charge is -2.10. The van der Waals surface area contributed by atoms with Crippen molar-refractivity contribution in [2.45, 2.75) is 0 Å². The van der Waals surface area contributed by atoms with Crippen molar-refractivity contribution in [2.24, 2.45) is 0 Å². The molecule has 1 N–H and O–H groups in total. The van der Waals surface area contributed by atoms with Crippen molar-refractivity contribution in [1.82, 2.24) is 0 Å². The van der Waals surface area contributed by atoms with Crippen molar-refractivity contribution in [1.29, 1.82) is 0 Å². The topological polar surface area (TPSA) is 21.3 Å². The van der Waals surface area contributed by atoms with Crippen molar-refractivity contribution in [3.05, 3.63) is 72.8 Å². The smallest absolute Gasteiger partial charge is 0.162 e. The predicted molar refractivity (Wildman–Crippen MR) is 74.6 cm³/mol. The fraction of sp³-hybridized carbons (Fsp3) is 0. The van der Waals surface area contributed by atoms with Crippen LogP contribution in [0.5, 0.6) is 5.75 Å². The molecule has 0 radical (unpaired) electrons. The van der Waals surface area contributed by atoms with E-state index in [1.807, 2.05) is 54.6 Å². The SMILES string of the molecule is c1ccc(NOc2cccc3ccccc23)cc1. The Morgan fingerprint density at radius 3 is 2.28 bits per heavy atom. The molecule has 88 valence electrons. The molecule has 3 rings (SSSR count). The van der Waals surface area contributed by atoms with Gasteiger partial charge in [-0.2, -0.15) is 0 Å². The maximum Gasteiger partial charge on any atom is 0.162 e. The van der Waals surface area contributed by atoms with E-state index in [1.165, 1.54) is 5.39 Å². The number of anilines is 1. The minimum atomic E-state index is 0.831. The number of hydrogen-bond acceptors (Lipinski definition) is 2. The Labute approximate surface area is 106 Å². The first-order valence-electron chi connectivity index (χ1n) is 5.89. The van der Waals surface area contributed by atoms with Crippen LogP contribution in [-0.2, 0) is 0 Å². The summed E-state index contributed by atoms with van der Waals surface area (Å²) in [4.78, 5) is 5.66. The summed E-state index contributed by atoms with van der Waals surface area (Å²) in [7, 11) is 0. The van der Waals surface area contributed by atoms with Gasteiger partial charge in [-0.25, -0.2) is 5.48 Å². The van der Waals surface area contributed by atoms with Crippen molar-refractivity contribution >= 4 is 16.5 Å². The first kappa shape index (κ1) is 10.7. The third-order valence-corrected chi connectivity index (χ3v) is 2.80. The molecule has 2 nitrogen and oxygen atoms in total. The molecule has 0 saturated carbocycles. The second kappa shape index (κ2) is 4.80. The normalized spacial score (nSPS) is 10.2. The molecular weight excluding hydrogens is 222 g/mol. The molecule has 0 aliphatic heterocycles. The number of benzene rings is 3. The van der Waals surface area contributed by atoms with E-state index >= 15 is 0 Å². The highest BCUT2D eigenvalue weighted by atomic mass is 16.6. The van der Waals surface area contributed by atoms with Gasteiger partial charge in [0.25, 0.3) is 0 Å². The Kier molecular flexibility index (Phi) is 2.84. The summed E-state index contributed by atoms with van der Waals surface area (Å²) in [6.07, 6.45) is 0. The van der Waals surface area contributed by atoms with E-state index in [0.29, 0.717) is 0 Å². The molecule has 0 saturated heterocycles. The van der Waals surface area contributed by atoms with Gasteiger partial charge in [0.1, 0.15) is 0 Å². The van der Waals surface area contributed by atoms with Crippen LogP contribution in [0.2, 0.25) is 0 Å². The van der Waals surface area contributed by atoms with Crippen LogP contribution in [0.15, 0.2) is 72.8 Å². The predicted octanol–water partition coefficient (Wildman–Crippen LogP) is 4.25. The van der Waals surface area contributed by atoms with Crippen LogP contribution >= 0.6 is 0 Å². The van der Waals surface area contributed by atoms with Gasteiger partial charge in [-0.15, -0.1) is 0 Å². The van der Waals surface area contributed by atoms with E-state index in [1.54, 1.807) is 0 Å². The number of nitrogens with one attached hydrogen (secondary N) is 1. The minimum Gasteiger partial charge on any atom is -0.382 e. The molecule has 18 heavy (non-hydrogen) atoms. The lowest BCUT2D eigenvalue weighted by atomic mass is 10.1. The Bertz CT molecular complexity index is 644. The molecule has 0 aliphatic carbocycles. The second-order valence-corrected chi connectivity index (χ2v) is 4.05. The molecule has 0 bridgehead atoms. The van der Waals surface area contributed by atoms with E-state index in [9.17, 15) is 0 Å². The molecule has 0 aromatic heterocycles. The largest absolute Gasteiger partial charge is 0.382 e. The Morgan fingerprint density at radius 1 is 0.667 bits per heavy atom. The zero-order chi connectivity index (χ0) is 12.2. The van der Waals surface area contributed by atoms with Crippen molar-refractivity contribution in [2.75, 3.05) is 5.48 Å². The molecule has 3 aromatic rings. The molecule has 3 aromatic carbocycles. The van der Waals surface area contributed by atoms with Gasteiger partial charge in [0.15, 0.2) is 5.75 Å². The number of fused-ring (bicyclic) bond motifs is 1. The van der Waals surface area contributed by atoms with E-state index in [-0.39, 0.29) is 0 Å². The highest BCUT2D eigenvalue weighted by Crippen LogP contribution is 2.25. The zero-order valence-electron chi connectivity index (χ0n) is 9.84. The van der Waals surface area contributed by atoms with Gasteiger partial charge in [-0.05, 0) is 23.6 Å². The van der Waals surface area contributed by atoms with Crippen molar-refractivity contribution in [3.63, 3.8) is 0 Å². The monoisotopic (exact) mass is 235 g/mol. The average Bonchev–Trinajstić information content (AvgIpc) is 2.46. The van der Waals surface area contributed by atoms with Crippen LogP contribution in [0.25, 0.3) is 10.8 Å². The summed E-state index contributed by atoms with van der Waals surface area (Å²) < 4.78 is 0. The van der Waals surface area contributed by atoms with Gasteiger partial charge in [-0.3, -0.25) is 0 Å². The molecule has 0 spiro atoms. The third kappa shape index (κ3) is 2.13. The highest BCUT2D eigenvalue weighted by molar-refractivity contribution is 5.88. The van der Waals surface area contributed by atoms with Crippen LogP contribution in [0.4, 0.5) is 5.69 Å². The standard InChI is InChI=1S/C16H13NO/c1-2-9-14(10-3-1)17-18-16-12-6-8-13-7-4-5-11-15(13)16/h1-12,17H. The van der Waals surface area contributed by atoms with Crippen molar-refractivity contribution < 1.29 is 4.84 Å². The van der Waals surface area contributed by atoms with Crippen LogP contribution in [-0.4, -0.2) is 0 Å². The van der Waals surface area contributed by atoms with Gasteiger partial charge in [-0.1, -0.05) is 54.6 Å². The third-order valence-electron chi connectivity index (χ3n) is 2.80. The summed E-state index contributed by atoms with van der Waals surface area (Å²) in [5.41, 5.74) is 3.89. The number of hydrogen-bond donors (Lipinski definition) is 1. The van der Waals surface area contributed by atoms with Crippen molar-refractivity contribution in [3.8, 4) is 5.75 Å². The Balaban J connectivity index is 1.87. The first-order valence-corrected chi connectivity index (χ1v) is 5.89. The molecule has 0 aliphatic rings.